The fraction of sp³-hybridized carbons (Fsp3) is 0.231. The molecule has 4 nitrogen and oxygen atoms in total. The van der Waals surface area contributed by atoms with Crippen LogP contribution in [0.2, 0.25) is 5.02 Å². The van der Waals surface area contributed by atoms with Gasteiger partial charge in [0.25, 0.3) is 0 Å². The van der Waals surface area contributed by atoms with Crippen molar-refractivity contribution in [3.8, 4) is 11.3 Å². The summed E-state index contributed by atoms with van der Waals surface area (Å²) in [5.41, 5.74) is 9.25. The Labute approximate surface area is 119 Å². The van der Waals surface area contributed by atoms with Crippen LogP contribution in [-0.4, -0.2) is 10.9 Å². The Hall–Kier alpha value is -1.59. The topological polar surface area (TPSA) is 68.0 Å². The Balaban J connectivity index is 2.23. The highest BCUT2D eigenvalue weighted by atomic mass is 35.5. The first-order valence-electron chi connectivity index (χ1n) is 5.90. The second-order valence-electron chi connectivity index (χ2n) is 4.49. The van der Waals surface area contributed by atoms with Crippen LogP contribution in [0.1, 0.15) is 16.9 Å². The van der Waals surface area contributed by atoms with Gasteiger partial charge in [-0.1, -0.05) is 11.6 Å². The molecule has 1 aromatic heterocycles. The van der Waals surface area contributed by atoms with Gasteiger partial charge in [-0.3, -0.25) is 4.79 Å². The maximum Gasteiger partial charge on any atom is 0.224 e. The lowest BCUT2D eigenvalue weighted by molar-refractivity contribution is -0.116. The Bertz CT molecular complexity index is 681. The van der Waals surface area contributed by atoms with Crippen LogP contribution in [0.15, 0.2) is 12.1 Å². The molecule has 0 saturated heterocycles. The molecule has 19 heavy (non-hydrogen) atoms. The maximum atomic E-state index is 11.6. The number of nitrogens with two attached hydrogens (primary N) is 1. The Morgan fingerprint density at radius 3 is 2.89 bits per heavy atom. The van der Waals surface area contributed by atoms with Crippen molar-refractivity contribution in [3.05, 3.63) is 27.6 Å². The quantitative estimate of drug-likeness (QED) is 0.848. The number of halogens is 1. The number of amides is 1. The number of nitrogens with zero attached hydrogens (tertiary/aromatic N) is 1. The number of anilines is 2. The van der Waals surface area contributed by atoms with Crippen LogP contribution in [-0.2, 0) is 11.2 Å². The lowest BCUT2D eigenvalue weighted by atomic mass is 9.97. The smallest absolute Gasteiger partial charge is 0.224 e. The van der Waals surface area contributed by atoms with E-state index >= 15 is 0 Å². The van der Waals surface area contributed by atoms with Crippen molar-refractivity contribution >= 4 is 39.7 Å². The van der Waals surface area contributed by atoms with Crippen LogP contribution < -0.4 is 11.1 Å². The summed E-state index contributed by atoms with van der Waals surface area (Å²) >= 11 is 7.59. The van der Waals surface area contributed by atoms with Crippen LogP contribution in [0.3, 0.4) is 0 Å². The number of carbonyl (C=O) groups excluding carboxylic acids is 1. The monoisotopic (exact) mass is 293 g/mol. The van der Waals surface area contributed by atoms with E-state index in [0.29, 0.717) is 23.0 Å². The van der Waals surface area contributed by atoms with Gasteiger partial charge in [-0.15, -0.1) is 11.3 Å². The van der Waals surface area contributed by atoms with Crippen LogP contribution in [0, 0.1) is 6.92 Å². The molecule has 0 unspecified atom stereocenters. The lowest BCUT2D eigenvalue weighted by Crippen LogP contribution is -2.19. The van der Waals surface area contributed by atoms with Gasteiger partial charge in [0, 0.05) is 21.9 Å². The summed E-state index contributed by atoms with van der Waals surface area (Å²) in [5, 5.41) is 4.08. The van der Waals surface area contributed by atoms with Gasteiger partial charge in [0.1, 0.15) is 0 Å². The summed E-state index contributed by atoms with van der Waals surface area (Å²) in [6.45, 7) is 1.96. The normalized spacial score (nSPS) is 14.1. The zero-order valence-corrected chi connectivity index (χ0v) is 11.9. The van der Waals surface area contributed by atoms with Gasteiger partial charge in [0.2, 0.25) is 5.91 Å². The molecular formula is C13H12ClN3OS. The van der Waals surface area contributed by atoms with Gasteiger partial charge in [-0.2, -0.15) is 0 Å². The minimum Gasteiger partial charge on any atom is -0.375 e. The van der Waals surface area contributed by atoms with E-state index in [1.807, 2.05) is 19.1 Å². The number of thiazole rings is 1. The predicted molar refractivity (Wildman–Crippen MR) is 78.7 cm³/mol. The van der Waals surface area contributed by atoms with E-state index in [0.717, 1.165) is 27.4 Å². The SMILES string of the molecule is Cc1sc(N)nc1-c1cc(Cl)cc2c1NC(=O)CC2. The van der Waals surface area contributed by atoms with Gasteiger partial charge in [0.15, 0.2) is 5.13 Å². The first-order chi connectivity index (χ1) is 9.04. The zero-order chi connectivity index (χ0) is 13.6. The van der Waals surface area contributed by atoms with Gasteiger partial charge < -0.3 is 11.1 Å². The molecule has 1 aliphatic rings. The third-order valence-electron chi connectivity index (χ3n) is 3.14. The fourth-order valence-corrected chi connectivity index (χ4v) is 3.26. The molecule has 98 valence electrons. The second kappa shape index (κ2) is 4.51. The molecular weight excluding hydrogens is 282 g/mol. The molecule has 1 amide bonds. The molecule has 0 spiro atoms. The van der Waals surface area contributed by atoms with Crippen LogP contribution in [0.5, 0.6) is 0 Å². The molecule has 1 aromatic carbocycles. The maximum absolute atomic E-state index is 11.6. The minimum atomic E-state index is 0.0249. The number of fused-ring (bicyclic) bond motifs is 1. The third kappa shape index (κ3) is 2.19. The van der Waals surface area contributed by atoms with Crippen LogP contribution in [0.25, 0.3) is 11.3 Å². The first kappa shape index (κ1) is 12.4. The second-order valence-corrected chi connectivity index (χ2v) is 6.16. The molecule has 6 heteroatoms. The number of carbonyl (C=O) groups is 1. The van der Waals surface area contributed by atoms with Gasteiger partial charge in [-0.25, -0.2) is 4.98 Å². The highest BCUT2D eigenvalue weighted by Crippen LogP contribution is 2.39. The molecule has 0 radical (unpaired) electrons. The van der Waals surface area contributed by atoms with Gasteiger partial charge >= 0.3 is 0 Å². The summed E-state index contributed by atoms with van der Waals surface area (Å²) in [7, 11) is 0. The molecule has 0 saturated carbocycles. The molecule has 0 fully saturated rings. The van der Waals surface area contributed by atoms with Crippen molar-refractivity contribution in [3.63, 3.8) is 0 Å². The fourth-order valence-electron chi connectivity index (χ4n) is 2.31. The third-order valence-corrected chi connectivity index (χ3v) is 4.16. The summed E-state index contributed by atoms with van der Waals surface area (Å²) < 4.78 is 0. The van der Waals surface area contributed by atoms with Crippen molar-refractivity contribution in [1.29, 1.82) is 0 Å². The molecule has 3 N–H and O–H groups in total. The van der Waals surface area contributed by atoms with E-state index in [2.05, 4.69) is 10.3 Å². The van der Waals surface area contributed by atoms with Crippen molar-refractivity contribution in [2.45, 2.75) is 19.8 Å². The van der Waals surface area contributed by atoms with Gasteiger partial charge in [-0.05, 0) is 31.0 Å². The molecule has 0 bridgehead atoms. The first-order valence-corrected chi connectivity index (χ1v) is 7.09. The predicted octanol–water partition coefficient (Wildman–Crippen LogP) is 3.24. The number of hydrogen-bond donors (Lipinski definition) is 2. The molecule has 2 heterocycles. The molecule has 2 aromatic rings. The van der Waals surface area contributed by atoms with Crippen molar-refractivity contribution in [1.82, 2.24) is 4.98 Å². The van der Waals surface area contributed by atoms with E-state index in [1.165, 1.54) is 11.3 Å². The number of aromatic nitrogens is 1. The van der Waals surface area contributed by atoms with E-state index in [9.17, 15) is 4.79 Å². The van der Waals surface area contributed by atoms with Crippen molar-refractivity contribution in [2.24, 2.45) is 0 Å². The molecule has 0 aliphatic carbocycles. The van der Waals surface area contributed by atoms with E-state index < -0.39 is 0 Å². The Morgan fingerprint density at radius 2 is 2.21 bits per heavy atom. The van der Waals surface area contributed by atoms with Gasteiger partial charge in [0.05, 0.1) is 11.4 Å². The summed E-state index contributed by atoms with van der Waals surface area (Å²) in [5.74, 6) is 0.0249. The van der Waals surface area contributed by atoms with E-state index in [-0.39, 0.29) is 5.91 Å². The zero-order valence-electron chi connectivity index (χ0n) is 10.3. The number of hydrogen-bond acceptors (Lipinski definition) is 4. The number of rotatable bonds is 1. The molecule has 0 atom stereocenters. The van der Waals surface area contributed by atoms with Crippen LogP contribution >= 0.6 is 22.9 Å². The Kier molecular flexibility index (Phi) is 2.95. The summed E-state index contributed by atoms with van der Waals surface area (Å²) in [4.78, 5) is 17.0. The average Bonchev–Trinajstić information content (AvgIpc) is 2.68. The number of nitrogen functional groups attached to an aromatic ring is 1. The summed E-state index contributed by atoms with van der Waals surface area (Å²) in [6.07, 6.45) is 1.19. The average molecular weight is 294 g/mol. The summed E-state index contributed by atoms with van der Waals surface area (Å²) in [6, 6.07) is 3.72. The number of benzene rings is 1. The largest absolute Gasteiger partial charge is 0.375 e. The minimum absolute atomic E-state index is 0.0249. The number of nitrogens with one attached hydrogen (secondary N) is 1. The molecule has 1 aliphatic heterocycles. The van der Waals surface area contributed by atoms with Crippen LogP contribution in [0.4, 0.5) is 10.8 Å². The molecule has 3 rings (SSSR count). The van der Waals surface area contributed by atoms with E-state index in [4.69, 9.17) is 17.3 Å². The Morgan fingerprint density at radius 1 is 1.42 bits per heavy atom. The van der Waals surface area contributed by atoms with Crippen molar-refractivity contribution in [2.75, 3.05) is 11.1 Å². The van der Waals surface area contributed by atoms with Crippen molar-refractivity contribution < 1.29 is 4.79 Å². The standard InChI is InChI=1S/C13H12ClN3OS/c1-6-11(17-13(15)19-6)9-5-8(14)4-7-2-3-10(18)16-12(7)9/h4-5H,2-3H2,1H3,(H2,15,17)(H,16,18). The van der Waals surface area contributed by atoms with E-state index in [1.54, 1.807) is 0 Å². The highest BCUT2D eigenvalue weighted by molar-refractivity contribution is 7.15. The number of aryl methyl sites for hydroxylation is 2. The highest BCUT2D eigenvalue weighted by Gasteiger charge is 2.22. The lowest BCUT2D eigenvalue weighted by Gasteiger charge is -2.20.